The summed E-state index contributed by atoms with van der Waals surface area (Å²) in [6, 6.07) is 11.9. The molecule has 1 saturated heterocycles. The van der Waals surface area contributed by atoms with Gasteiger partial charge in [-0.05, 0) is 94.8 Å². The van der Waals surface area contributed by atoms with Gasteiger partial charge in [-0.2, -0.15) is 0 Å². The van der Waals surface area contributed by atoms with E-state index >= 15 is 0 Å². The molecule has 0 bridgehead atoms. The van der Waals surface area contributed by atoms with E-state index in [0.717, 1.165) is 48.9 Å². The largest absolute Gasteiger partial charge is 0.453 e. The van der Waals surface area contributed by atoms with Crippen LogP contribution in [0.1, 0.15) is 32.6 Å². The van der Waals surface area contributed by atoms with Gasteiger partial charge in [0.05, 0.1) is 17.0 Å². The van der Waals surface area contributed by atoms with Crippen molar-refractivity contribution in [3.63, 3.8) is 0 Å². The van der Waals surface area contributed by atoms with E-state index in [0.29, 0.717) is 40.5 Å². The highest BCUT2D eigenvalue weighted by atomic mass is 19.1. The number of likely N-dealkylation sites (tertiary alicyclic amines) is 1. The minimum atomic E-state index is -0.393. The molecular formula is C34H44FN5O2. The van der Waals surface area contributed by atoms with Gasteiger partial charge < -0.3 is 30.5 Å². The molecule has 0 spiro atoms. The molecule has 7 nitrogen and oxygen atoms in total. The van der Waals surface area contributed by atoms with E-state index in [4.69, 9.17) is 10.5 Å². The van der Waals surface area contributed by atoms with Crippen LogP contribution < -0.4 is 20.7 Å². The number of allylic oxidation sites excluding steroid dienone is 3. The topological polar surface area (TPSA) is 74.1 Å². The monoisotopic (exact) mass is 573 g/mol. The van der Waals surface area contributed by atoms with E-state index in [2.05, 4.69) is 28.3 Å². The number of benzene rings is 2. The average molecular weight is 574 g/mol. The summed E-state index contributed by atoms with van der Waals surface area (Å²) in [5.41, 5.74) is 8.15. The van der Waals surface area contributed by atoms with E-state index in [9.17, 15) is 9.18 Å². The maximum atomic E-state index is 13.9. The van der Waals surface area contributed by atoms with Gasteiger partial charge in [0, 0.05) is 37.5 Å². The summed E-state index contributed by atoms with van der Waals surface area (Å²) in [4.78, 5) is 19.5. The number of unbranched alkanes of at least 4 members (excludes halogenated alkanes) is 1. The van der Waals surface area contributed by atoms with Crippen LogP contribution in [0.15, 0.2) is 95.8 Å². The number of amides is 1. The lowest BCUT2D eigenvalue weighted by molar-refractivity contribution is -0.117. The first kappa shape index (κ1) is 31.2. The van der Waals surface area contributed by atoms with Gasteiger partial charge in [0.15, 0.2) is 11.5 Å². The second-order valence-corrected chi connectivity index (χ2v) is 11.2. The van der Waals surface area contributed by atoms with Crippen molar-refractivity contribution >= 4 is 22.4 Å². The summed E-state index contributed by atoms with van der Waals surface area (Å²) in [6.45, 7) is 15.7. The zero-order valence-electron chi connectivity index (χ0n) is 25.2. The number of fused-ring (bicyclic) bond motifs is 4. The van der Waals surface area contributed by atoms with Crippen molar-refractivity contribution in [2.75, 3.05) is 58.3 Å². The van der Waals surface area contributed by atoms with E-state index in [1.165, 1.54) is 38.9 Å². The third kappa shape index (κ3) is 7.56. The number of halogens is 1. The second kappa shape index (κ2) is 14.4. The Morgan fingerprint density at radius 2 is 1.81 bits per heavy atom. The molecule has 1 amide bonds. The molecule has 3 heterocycles. The number of carbonyl (C=O) groups is 1. The summed E-state index contributed by atoms with van der Waals surface area (Å²) in [5, 5.41) is 5.03. The van der Waals surface area contributed by atoms with Crippen LogP contribution >= 0.6 is 0 Å². The molecule has 8 heteroatoms. The summed E-state index contributed by atoms with van der Waals surface area (Å²) in [7, 11) is 4.06. The van der Waals surface area contributed by atoms with Gasteiger partial charge in [0.2, 0.25) is 0 Å². The minimum absolute atomic E-state index is 0.206. The lowest BCUT2D eigenvalue weighted by Crippen LogP contribution is -2.34. The Morgan fingerprint density at radius 3 is 2.45 bits per heavy atom. The highest BCUT2D eigenvalue weighted by Gasteiger charge is 2.34. The first-order valence-corrected chi connectivity index (χ1v) is 14.7. The Balaban J connectivity index is 0.000000437. The third-order valence-electron chi connectivity index (χ3n) is 7.55. The molecule has 3 aliphatic rings. The van der Waals surface area contributed by atoms with Crippen LogP contribution in [0.4, 0.5) is 10.1 Å². The van der Waals surface area contributed by atoms with E-state index in [-0.39, 0.29) is 5.91 Å². The maximum Gasteiger partial charge on any atom is 0.253 e. The number of nitrogens with zero attached hydrogens (tertiary/aromatic N) is 3. The molecule has 1 fully saturated rings. The van der Waals surface area contributed by atoms with Gasteiger partial charge in [-0.1, -0.05) is 37.4 Å². The van der Waals surface area contributed by atoms with Crippen LogP contribution in [0.3, 0.4) is 0 Å². The van der Waals surface area contributed by atoms with E-state index in [1.54, 1.807) is 6.20 Å². The molecule has 0 aliphatic carbocycles. The molecule has 3 aliphatic heterocycles. The molecule has 0 saturated carbocycles. The number of nitrogens with two attached hydrogens (primary N) is 1. The third-order valence-corrected chi connectivity index (χ3v) is 7.55. The Kier molecular flexibility index (Phi) is 10.7. The SMILES string of the molecule is C=C1C(=C)C2=C(/C=C(\C)F)Oc3cc4ccccc4cc3N2C=C1C(=O)NCCCCN(C)C.NCCN1CCCC1. The van der Waals surface area contributed by atoms with Crippen molar-refractivity contribution in [1.82, 2.24) is 15.1 Å². The second-order valence-electron chi connectivity index (χ2n) is 11.2. The molecule has 0 unspecified atom stereocenters. The zero-order chi connectivity index (χ0) is 30.2. The molecule has 224 valence electrons. The molecule has 2 aromatic rings. The van der Waals surface area contributed by atoms with Crippen LogP contribution in [0.5, 0.6) is 5.75 Å². The molecule has 0 radical (unpaired) electrons. The average Bonchev–Trinajstić information content (AvgIpc) is 3.47. The van der Waals surface area contributed by atoms with Gasteiger partial charge in [0.25, 0.3) is 5.91 Å². The van der Waals surface area contributed by atoms with Gasteiger partial charge >= 0.3 is 0 Å². The van der Waals surface area contributed by atoms with Crippen molar-refractivity contribution < 1.29 is 13.9 Å². The van der Waals surface area contributed by atoms with Gasteiger partial charge in [0.1, 0.15) is 5.83 Å². The quantitative estimate of drug-likeness (QED) is 0.379. The highest BCUT2D eigenvalue weighted by molar-refractivity contribution is 6.02. The van der Waals surface area contributed by atoms with Gasteiger partial charge in [-0.25, -0.2) is 4.39 Å². The fourth-order valence-corrected chi connectivity index (χ4v) is 5.34. The van der Waals surface area contributed by atoms with Crippen molar-refractivity contribution in [2.45, 2.75) is 32.6 Å². The first-order valence-electron chi connectivity index (χ1n) is 14.7. The minimum Gasteiger partial charge on any atom is -0.453 e. The number of rotatable bonds is 9. The number of ether oxygens (including phenoxy) is 1. The maximum absolute atomic E-state index is 13.9. The first-order chi connectivity index (χ1) is 20.2. The smallest absolute Gasteiger partial charge is 0.253 e. The van der Waals surface area contributed by atoms with Crippen LogP contribution in [0.2, 0.25) is 0 Å². The van der Waals surface area contributed by atoms with Crippen LogP contribution in [-0.4, -0.2) is 69.1 Å². The number of anilines is 1. The van der Waals surface area contributed by atoms with Crippen molar-refractivity contribution in [2.24, 2.45) is 5.73 Å². The zero-order valence-corrected chi connectivity index (χ0v) is 25.2. The van der Waals surface area contributed by atoms with Crippen LogP contribution in [0, 0.1) is 0 Å². The molecule has 5 rings (SSSR count). The Hall–Kier alpha value is -3.72. The van der Waals surface area contributed by atoms with E-state index in [1.807, 2.05) is 55.4 Å². The molecular weight excluding hydrogens is 529 g/mol. The molecule has 2 aromatic carbocycles. The number of hydrogen-bond donors (Lipinski definition) is 2. The summed E-state index contributed by atoms with van der Waals surface area (Å²) in [5.74, 6) is 0.307. The molecule has 42 heavy (non-hydrogen) atoms. The van der Waals surface area contributed by atoms with Crippen molar-refractivity contribution in [3.8, 4) is 5.75 Å². The standard InChI is InChI=1S/C28H30FN3O2.C6H14N2/c1-18(29)14-26-27-20(3)19(2)23(28(33)30-12-8-9-13-31(4)5)17-32(27)24-15-21-10-6-7-11-22(21)16-25(24)34-26;7-3-6-8-4-1-2-5-8/h6-7,10-11,14-17H,2-3,8-9,12-13H2,1,4-5H3,(H,30,33);1-7H2/b18-14+;. The van der Waals surface area contributed by atoms with Gasteiger partial charge in [-0.15, -0.1) is 0 Å². The normalized spacial score (nSPS) is 17.0. The fraction of sp³-hybridized carbons (Fsp3) is 0.382. The van der Waals surface area contributed by atoms with Crippen LogP contribution in [0.25, 0.3) is 10.8 Å². The number of nitrogens with one attached hydrogen (secondary N) is 1. The summed E-state index contributed by atoms with van der Waals surface area (Å²) < 4.78 is 20.1. The Labute approximate surface area is 249 Å². The van der Waals surface area contributed by atoms with E-state index < -0.39 is 5.83 Å². The van der Waals surface area contributed by atoms with Crippen molar-refractivity contribution in [1.29, 1.82) is 0 Å². The Morgan fingerprint density at radius 1 is 1.12 bits per heavy atom. The highest BCUT2D eigenvalue weighted by Crippen LogP contribution is 2.46. The molecule has 0 atom stereocenters. The summed E-state index contributed by atoms with van der Waals surface area (Å²) in [6.07, 6.45) is 7.71. The predicted octanol–water partition coefficient (Wildman–Crippen LogP) is 5.63. The predicted molar refractivity (Wildman–Crippen MR) is 171 cm³/mol. The molecule has 3 N–H and O–H groups in total. The lowest BCUT2D eigenvalue weighted by Gasteiger charge is -2.37. The Bertz CT molecular complexity index is 1410. The molecule has 0 aromatic heterocycles. The van der Waals surface area contributed by atoms with Gasteiger partial charge in [-0.3, -0.25) is 4.79 Å². The fourth-order valence-electron chi connectivity index (χ4n) is 5.34. The lowest BCUT2D eigenvalue weighted by atomic mass is 9.91. The number of carbonyl (C=O) groups excluding carboxylic acids is 1. The van der Waals surface area contributed by atoms with Crippen LogP contribution in [-0.2, 0) is 4.79 Å². The van der Waals surface area contributed by atoms with Crippen molar-refractivity contribution in [3.05, 3.63) is 95.8 Å². The number of hydrogen-bond acceptors (Lipinski definition) is 6. The summed E-state index contributed by atoms with van der Waals surface area (Å²) >= 11 is 0.